The van der Waals surface area contributed by atoms with E-state index in [-0.39, 0.29) is 11.4 Å². The minimum Gasteiger partial charge on any atom is -0.369 e. The van der Waals surface area contributed by atoms with Gasteiger partial charge in [-0.1, -0.05) is 25.1 Å². The number of amides is 1. The number of hydrogen-bond acceptors (Lipinski definition) is 3. The molecule has 1 unspecified atom stereocenters. The molecule has 0 bridgehead atoms. The molecule has 0 saturated carbocycles. The summed E-state index contributed by atoms with van der Waals surface area (Å²) in [6, 6.07) is 14.1. The second-order valence-corrected chi connectivity index (χ2v) is 8.94. The zero-order chi connectivity index (χ0) is 20.9. The Morgan fingerprint density at radius 1 is 1.14 bits per heavy atom. The Morgan fingerprint density at radius 3 is 2.52 bits per heavy atom. The van der Waals surface area contributed by atoms with Crippen LogP contribution in [-0.4, -0.2) is 24.2 Å². The van der Waals surface area contributed by atoms with E-state index < -0.39 is 0 Å². The van der Waals surface area contributed by atoms with Crippen LogP contribution < -0.4 is 9.91 Å². The Labute approximate surface area is 173 Å². The maximum Gasteiger partial charge on any atom is 0.280 e. The predicted molar refractivity (Wildman–Crippen MR) is 122 cm³/mol. The van der Waals surface area contributed by atoms with Crippen molar-refractivity contribution in [1.29, 1.82) is 0 Å². The number of benzene rings is 2. The van der Waals surface area contributed by atoms with Crippen LogP contribution in [0.4, 0.5) is 11.4 Å². The topological polar surface area (TPSA) is 35.9 Å². The van der Waals surface area contributed by atoms with Gasteiger partial charge in [-0.2, -0.15) is 10.1 Å². The molecule has 1 amide bonds. The normalized spacial score (nSPS) is 22.1. The Morgan fingerprint density at radius 2 is 1.83 bits per heavy atom. The number of rotatable bonds is 2. The molecule has 0 fully saturated rings. The third-order valence-electron chi connectivity index (χ3n) is 6.38. The summed E-state index contributed by atoms with van der Waals surface area (Å²) in [7, 11) is 2.18. The molecule has 0 N–H and O–H groups in total. The van der Waals surface area contributed by atoms with Gasteiger partial charge >= 0.3 is 0 Å². The van der Waals surface area contributed by atoms with Gasteiger partial charge in [0.05, 0.1) is 17.0 Å². The summed E-state index contributed by atoms with van der Waals surface area (Å²) >= 11 is 0. The van der Waals surface area contributed by atoms with Crippen molar-refractivity contribution in [2.24, 2.45) is 5.10 Å². The molecule has 4 heteroatoms. The first-order chi connectivity index (χ1) is 13.7. The Hall–Kier alpha value is -2.88. The number of hydrazone groups is 1. The van der Waals surface area contributed by atoms with E-state index in [0.717, 1.165) is 23.4 Å². The van der Waals surface area contributed by atoms with Crippen LogP contribution in [0.15, 0.2) is 53.1 Å². The lowest BCUT2D eigenvalue weighted by Gasteiger charge is -2.45. The predicted octanol–water partition coefficient (Wildman–Crippen LogP) is 5.52. The number of fused-ring (bicyclic) bond motifs is 1. The van der Waals surface area contributed by atoms with Gasteiger partial charge in [0.15, 0.2) is 0 Å². The first-order valence-corrected chi connectivity index (χ1v) is 10.2. The average molecular weight is 388 g/mol. The number of hydrogen-bond donors (Lipinski definition) is 0. The van der Waals surface area contributed by atoms with Crippen molar-refractivity contribution in [3.05, 3.63) is 64.7 Å². The molecule has 2 aromatic carbocycles. The molecule has 0 saturated heterocycles. The van der Waals surface area contributed by atoms with E-state index in [2.05, 4.69) is 56.9 Å². The Balaban J connectivity index is 1.74. The third kappa shape index (κ3) is 3.27. The van der Waals surface area contributed by atoms with E-state index >= 15 is 0 Å². The van der Waals surface area contributed by atoms with Crippen molar-refractivity contribution in [1.82, 2.24) is 0 Å². The standard InChI is InChI=1S/C25H29N3O/c1-16-12-23-21(17(2)15-25(4,5)27(23)6)13-19(16)14-22-18(3)26-28(24(22)29)20-10-8-7-9-11-20/h7-14,17H,15H2,1-6H3/b22-14+. The lowest BCUT2D eigenvalue weighted by Crippen LogP contribution is -2.45. The van der Waals surface area contributed by atoms with Gasteiger partial charge < -0.3 is 4.90 Å². The van der Waals surface area contributed by atoms with Crippen LogP contribution in [0.5, 0.6) is 0 Å². The van der Waals surface area contributed by atoms with Crippen LogP contribution in [0.3, 0.4) is 0 Å². The molecule has 29 heavy (non-hydrogen) atoms. The fourth-order valence-electron chi connectivity index (χ4n) is 4.47. The average Bonchev–Trinajstić information content (AvgIpc) is 2.96. The number of carbonyl (C=O) groups excluding carboxylic acids is 1. The van der Waals surface area contributed by atoms with Crippen molar-refractivity contribution >= 4 is 29.1 Å². The molecule has 2 aliphatic heterocycles. The third-order valence-corrected chi connectivity index (χ3v) is 6.38. The van der Waals surface area contributed by atoms with E-state index in [0.29, 0.717) is 11.5 Å². The van der Waals surface area contributed by atoms with Gasteiger partial charge in [-0.25, -0.2) is 0 Å². The van der Waals surface area contributed by atoms with E-state index in [1.807, 2.05) is 43.3 Å². The van der Waals surface area contributed by atoms with Gasteiger partial charge in [-0.15, -0.1) is 0 Å². The Kier molecular flexibility index (Phi) is 4.60. The highest BCUT2D eigenvalue weighted by Crippen LogP contribution is 2.43. The molecule has 4 rings (SSSR count). The zero-order valence-corrected chi connectivity index (χ0v) is 18.2. The molecule has 2 aromatic rings. The smallest absolute Gasteiger partial charge is 0.280 e. The second-order valence-electron chi connectivity index (χ2n) is 8.94. The van der Waals surface area contributed by atoms with Gasteiger partial charge in [-0.3, -0.25) is 4.79 Å². The van der Waals surface area contributed by atoms with Crippen molar-refractivity contribution in [2.45, 2.75) is 52.5 Å². The summed E-state index contributed by atoms with van der Waals surface area (Å²) in [5.41, 5.74) is 7.26. The molecule has 0 aliphatic carbocycles. The molecular formula is C25H29N3O. The molecule has 2 heterocycles. The van der Waals surface area contributed by atoms with Crippen LogP contribution in [0.1, 0.15) is 56.7 Å². The minimum absolute atomic E-state index is 0.0721. The van der Waals surface area contributed by atoms with Gasteiger partial charge in [-0.05, 0) is 87.1 Å². The largest absolute Gasteiger partial charge is 0.369 e. The highest BCUT2D eigenvalue weighted by molar-refractivity contribution is 6.32. The van der Waals surface area contributed by atoms with E-state index in [9.17, 15) is 4.79 Å². The zero-order valence-electron chi connectivity index (χ0n) is 18.2. The summed E-state index contributed by atoms with van der Waals surface area (Å²) in [6.07, 6.45) is 3.11. The van der Waals surface area contributed by atoms with E-state index in [1.165, 1.54) is 21.8 Å². The van der Waals surface area contributed by atoms with Crippen LogP contribution in [0.2, 0.25) is 0 Å². The first-order valence-electron chi connectivity index (χ1n) is 10.2. The highest BCUT2D eigenvalue weighted by Gasteiger charge is 2.35. The van der Waals surface area contributed by atoms with Crippen LogP contribution in [0, 0.1) is 6.92 Å². The van der Waals surface area contributed by atoms with Gasteiger partial charge in [0.25, 0.3) is 5.91 Å². The maximum absolute atomic E-state index is 13.1. The van der Waals surface area contributed by atoms with E-state index in [1.54, 1.807) is 0 Å². The monoisotopic (exact) mass is 387 g/mol. The number of para-hydroxylation sites is 1. The second kappa shape index (κ2) is 6.87. The lowest BCUT2D eigenvalue weighted by atomic mass is 9.79. The molecule has 0 spiro atoms. The minimum atomic E-state index is -0.0721. The molecule has 2 aliphatic rings. The fraction of sp³-hybridized carbons (Fsp3) is 0.360. The van der Waals surface area contributed by atoms with Crippen molar-refractivity contribution in [3.8, 4) is 0 Å². The fourth-order valence-corrected chi connectivity index (χ4v) is 4.47. The number of anilines is 2. The molecule has 0 aromatic heterocycles. The summed E-state index contributed by atoms with van der Waals surface area (Å²) in [6.45, 7) is 10.9. The molecule has 0 radical (unpaired) electrons. The van der Waals surface area contributed by atoms with Gasteiger partial charge in [0.1, 0.15) is 0 Å². The number of aryl methyl sites for hydroxylation is 1. The van der Waals surface area contributed by atoms with Crippen LogP contribution in [-0.2, 0) is 4.79 Å². The van der Waals surface area contributed by atoms with E-state index in [4.69, 9.17) is 0 Å². The summed E-state index contributed by atoms with van der Waals surface area (Å²) in [4.78, 5) is 15.4. The maximum atomic E-state index is 13.1. The molecular weight excluding hydrogens is 358 g/mol. The Bertz CT molecular complexity index is 1030. The quantitative estimate of drug-likeness (QED) is 0.636. The van der Waals surface area contributed by atoms with Crippen LogP contribution >= 0.6 is 0 Å². The van der Waals surface area contributed by atoms with Gasteiger partial charge in [0.2, 0.25) is 0 Å². The molecule has 1 atom stereocenters. The molecule has 150 valence electrons. The SMILES string of the molecule is CC1=NN(c2ccccc2)C(=O)/C1=C/c1cc2c(cc1C)N(C)C(C)(C)CC2C. The number of carbonyl (C=O) groups is 1. The summed E-state index contributed by atoms with van der Waals surface area (Å²) in [5.74, 6) is 0.404. The van der Waals surface area contributed by atoms with Crippen molar-refractivity contribution < 1.29 is 4.79 Å². The number of nitrogens with zero attached hydrogens (tertiary/aromatic N) is 3. The highest BCUT2D eigenvalue weighted by atomic mass is 16.2. The van der Waals surface area contributed by atoms with Crippen LogP contribution in [0.25, 0.3) is 6.08 Å². The molecule has 4 nitrogen and oxygen atoms in total. The lowest BCUT2D eigenvalue weighted by molar-refractivity contribution is -0.114. The van der Waals surface area contributed by atoms with Crippen molar-refractivity contribution in [3.63, 3.8) is 0 Å². The first kappa shape index (κ1) is 19.4. The van der Waals surface area contributed by atoms with Crippen molar-refractivity contribution in [2.75, 3.05) is 17.0 Å². The summed E-state index contributed by atoms with van der Waals surface area (Å²) in [5, 5.41) is 6.00. The summed E-state index contributed by atoms with van der Waals surface area (Å²) < 4.78 is 0. The van der Waals surface area contributed by atoms with Gasteiger partial charge in [0, 0.05) is 18.3 Å².